The van der Waals surface area contributed by atoms with Crippen molar-refractivity contribution in [1.29, 1.82) is 0 Å². The average Bonchev–Trinajstić information content (AvgIpc) is 2.68. The molecule has 0 unspecified atom stereocenters. The van der Waals surface area contributed by atoms with Crippen molar-refractivity contribution < 1.29 is 13.2 Å². The molecule has 0 aliphatic carbocycles. The molecule has 2 rings (SSSR count). The summed E-state index contributed by atoms with van der Waals surface area (Å²) in [6, 6.07) is 16.1. The third-order valence-corrected chi connectivity index (χ3v) is 6.39. The first-order chi connectivity index (χ1) is 12.9. The summed E-state index contributed by atoms with van der Waals surface area (Å²) in [6.45, 7) is 6.52. The van der Waals surface area contributed by atoms with Crippen LogP contribution in [0.5, 0.6) is 0 Å². The minimum absolute atomic E-state index is 0.0814. The van der Waals surface area contributed by atoms with Gasteiger partial charge in [-0.25, -0.2) is 8.42 Å². The quantitative estimate of drug-likeness (QED) is 0.691. The second kappa shape index (κ2) is 9.53. The number of carbonyl (C=O) groups excluding carboxylic acids is 1. The highest BCUT2D eigenvalue weighted by atomic mass is 32.2. The van der Waals surface area contributed by atoms with E-state index >= 15 is 0 Å². The van der Waals surface area contributed by atoms with Crippen LogP contribution in [0.25, 0.3) is 0 Å². The molecule has 27 heavy (non-hydrogen) atoms. The minimum Gasteiger partial charge on any atom is -0.376 e. The summed E-state index contributed by atoms with van der Waals surface area (Å²) in [6.07, 6.45) is 0. The fraction of sp³-hybridized carbons (Fsp3) is 0.350. The first-order valence-corrected chi connectivity index (χ1v) is 10.5. The monoisotopic (exact) mass is 389 g/mol. The number of sulfonamides is 1. The molecule has 0 saturated carbocycles. The van der Waals surface area contributed by atoms with Gasteiger partial charge in [-0.05, 0) is 36.8 Å². The molecule has 0 radical (unpaired) electrons. The number of hydrogen-bond acceptors (Lipinski definition) is 4. The van der Waals surface area contributed by atoms with Crippen molar-refractivity contribution in [1.82, 2.24) is 9.62 Å². The van der Waals surface area contributed by atoms with E-state index in [9.17, 15) is 13.2 Å². The van der Waals surface area contributed by atoms with Gasteiger partial charge < -0.3 is 10.6 Å². The molecule has 2 aromatic rings. The molecule has 0 saturated heterocycles. The van der Waals surface area contributed by atoms with Gasteiger partial charge in [0.15, 0.2) is 0 Å². The zero-order valence-electron chi connectivity index (χ0n) is 16.0. The van der Waals surface area contributed by atoms with Gasteiger partial charge in [0.25, 0.3) is 0 Å². The highest BCUT2D eigenvalue weighted by molar-refractivity contribution is 7.89. The normalized spacial score (nSPS) is 12.6. The Labute approximate surface area is 161 Å². The number of nitrogens with zero attached hydrogens (tertiary/aromatic N) is 1. The van der Waals surface area contributed by atoms with Crippen LogP contribution in [0.2, 0.25) is 0 Å². The van der Waals surface area contributed by atoms with E-state index in [2.05, 4.69) is 10.6 Å². The van der Waals surface area contributed by atoms with Crippen molar-refractivity contribution in [3.05, 3.63) is 60.2 Å². The van der Waals surface area contributed by atoms with Gasteiger partial charge in [0.05, 0.1) is 17.5 Å². The molecule has 0 aliphatic rings. The van der Waals surface area contributed by atoms with Crippen molar-refractivity contribution in [2.24, 2.45) is 0 Å². The van der Waals surface area contributed by atoms with Crippen molar-refractivity contribution in [2.75, 3.05) is 25.0 Å². The van der Waals surface area contributed by atoms with Gasteiger partial charge >= 0.3 is 0 Å². The molecule has 0 aromatic heterocycles. The van der Waals surface area contributed by atoms with Gasteiger partial charge in [-0.1, -0.05) is 44.2 Å². The fourth-order valence-corrected chi connectivity index (χ4v) is 4.22. The Morgan fingerprint density at radius 1 is 1.00 bits per heavy atom. The van der Waals surface area contributed by atoms with Crippen LogP contribution in [0.4, 0.5) is 5.69 Å². The second-order valence-electron chi connectivity index (χ2n) is 6.17. The van der Waals surface area contributed by atoms with E-state index in [1.807, 2.05) is 51.1 Å². The van der Waals surface area contributed by atoms with E-state index in [-0.39, 0.29) is 23.4 Å². The third kappa shape index (κ3) is 5.55. The van der Waals surface area contributed by atoms with E-state index in [1.54, 1.807) is 24.3 Å². The molecule has 0 heterocycles. The second-order valence-corrected chi connectivity index (χ2v) is 8.11. The molecule has 146 valence electrons. The molecular formula is C20H27N3O3S. The maximum absolute atomic E-state index is 12.5. The summed E-state index contributed by atoms with van der Waals surface area (Å²) in [5, 5.41) is 5.94. The van der Waals surface area contributed by atoms with Crippen molar-refractivity contribution in [2.45, 2.75) is 31.7 Å². The third-order valence-electron chi connectivity index (χ3n) is 4.33. The van der Waals surface area contributed by atoms with E-state index in [0.717, 1.165) is 5.56 Å². The van der Waals surface area contributed by atoms with Crippen molar-refractivity contribution in [3.63, 3.8) is 0 Å². The first kappa shape index (κ1) is 20.9. The van der Waals surface area contributed by atoms with Crippen LogP contribution in [0.1, 0.15) is 32.4 Å². The van der Waals surface area contributed by atoms with Gasteiger partial charge in [0.1, 0.15) is 0 Å². The number of anilines is 1. The molecule has 2 N–H and O–H groups in total. The summed E-state index contributed by atoms with van der Waals surface area (Å²) in [4.78, 5) is 12.4. The molecule has 1 atom stereocenters. The van der Waals surface area contributed by atoms with Crippen LogP contribution >= 0.6 is 0 Å². The molecular weight excluding hydrogens is 362 g/mol. The summed E-state index contributed by atoms with van der Waals surface area (Å²) >= 11 is 0. The molecule has 7 heteroatoms. The SMILES string of the molecule is CCN(CC)S(=O)(=O)c1ccc(NCC(=O)N[C@@H](C)c2ccccc2)cc1. The number of benzene rings is 2. The lowest BCUT2D eigenvalue weighted by Crippen LogP contribution is -2.32. The topological polar surface area (TPSA) is 78.5 Å². The average molecular weight is 390 g/mol. The Bertz CT molecular complexity index is 833. The number of rotatable bonds is 9. The van der Waals surface area contributed by atoms with Gasteiger partial charge in [-0.3, -0.25) is 4.79 Å². The Kier molecular flexibility index (Phi) is 7.38. The first-order valence-electron chi connectivity index (χ1n) is 9.06. The predicted octanol–water partition coefficient (Wildman–Crippen LogP) is 3.01. The Morgan fingerprint density at radius 3 is 2.15 bits per heavy atom. The standard InChI is InChI=1S/C20H27N3O3S/c1-4-23(5-2)27(25,26)19-13-11-18(12-14-19)21-15-20(24)22-16(3)17-9-7-6-8-10-17/h6-14,16,21H,4-5,15H2,1-3H3,(H,22,24)/t16-/m0/s1. The maximum Gasteiger partial charge on any atom is 0.243 e. The molecule has 0 bridgehead atoms. The van der Waals surface area contributed by atoms with E-state index in [4.69, 9.17) is 0 Å². The lowest BCUT2D eigenvalue weighted by molar-refractivity contribution is -0.120. The Hall–Kier alpha value is -2.38. The Morgan fingerprint density at radius 2 is 1.59 bits per heavy atom. The zero-order valence-corrected chi connectivity index (χ0v) is 16.8. The van der Waals surface area contributed by atoms with Gasteiger partial charge in [0.2, 0.25) is 15.9 Å². The van der Waals surface area contributed by atoms with E-state index in [0.29, 0.717) is 18.8 Å². The van der Waals surface area contributed by atoms with E-state index in [1.165, 1.54) is 4.31 Å². The van der Waals surface area contributed by atoms with Crippen LogP contribution in [-0.4, -0.2) is 38.3 Å². The highest BCUT2D eigenvalue weighted by Gasteiger charge is 2.21. The maximum atomic E-state index is 12.5. The summed E-state index contributed by atoms with van der Waals surface area (Å²) in [5.74, 6) is -0.133. The van der Waals surface area contributed by atoms with E-state index < -0.39 is 10.0 Å². The largest absolute Gasteiger partial charge is 0.376 e. The molecule has 0 aliphatic heterocycles. The van der Waals surface area contributed by atoms with Crippen molar-refractivity contribution in [3.8, 4) is 0 Å². The summed E-state index contributed by atoms with van der Waals surface area (Å²) in [5.41, 5.74) is 1.73. The van der Waals surface area contributed by atoms with Crippen molar-refractivity contribution >= 4 is 21.6 Å². The Balaban J connectivity index is 1.92. The summed E-state index contributed by atoms with van der Waals surface area (Å²) in [7, 11) is -3.47. The minimum atomic E-state index is -3.47. The van der Waals surface area contributed by atoms with Gasteiger partial charge in [0, 0.05) is 18.8 Å². The van der Waals surface area contributed by atoms with Gasteiger partial charge in [-0.2, -0.15) is 4.31 Å². The molecule has 6 nitrogen and oxygen atoms in total. The van der Waals surface area contributed by atoms with Gasteiger partial charge in [-0.15, -0.1) is 0 Å². The zero-order chi connectivity index (χ0) is 19.9. The van der Waals surface area contributed by atoms with Crippen LogP contribution in [-0.2, 0) is 14.8 Å². The molecule has 0 spiro atoms. The lowest BCUT2D eigenvalue weighted by Gasteiger charge is -2.18. The van der Waals surface area contributed by atoms with Crippen LogP contribution in [0.15, 0.2) is 59.5 Å². The number of carbonyl (C=O) groups is 1. The predicted molar refractivity (Wildman–Crippen MR) is 108 cm³/mol. The lowest BCUT2D eigenvalue weighted by atomic mass is 10.1. The summed E-state index contributed by atoms with van der Waals surface area (Å²) < 4.78 is 26.3. The van der Waals surface area contributed by atoms with Crippen LogP contribution < -0.4 is 10.6 Å². The number of amides is 1. The molecule has 1 amide bonds. The molecule has 0 fully saturated rings. The van der Waals surface area contributed by atoms with Crippen LogP contribution in [0.3, 0.4) is 0 Å². The highest BCUT2D eigenvalue weighted by Crippen LogP contribution is 2.18. The number of hydrogen-bond donors (Lipinski definition) is 2. The number of nitrogens with one attached hydrogen (secondary N) is 2. The molecule has 2 aromatic carbocycles. The van der Waals surface area contributed by atoms with Crippen LogP contribution in [0, 0.1) is 0 Å². The smallest absolute Gasteiger partial charge is 0.243 e. The fourth-order valence-electron chi connectivity index (χ4n) is 2.76.